The summed E-state index contributed by atoms with van der Waals surface area (Å²) < 4.78 is 9.57. The van der Waals surface area contributed by atoms with Gasteiger partial charge in [-0.25, -0.2) is 9.78 Å². The fourth-order valence-corrected chi connectivity index (χ4v) is 5.08. The Morgan fingerprint density at radius 2 is 1.68 bits per heavy atom. The number of aromatic nitrogens is 7. The lowest BCUT2D eigenvalue weighted by Crippen LogP contribution is -2.48. The quantitative estimate of drug-likeness (QED) is 0.208. The molecule has 0 spiro atoms. The summed E-state index contributed by atoms with van der Waals surface area (Å²) in [5.41, 5.74) is 0.498. The largest absolute Gasteiger partial charge is 0.507 e. The van der Waals surface area contributed by atoms with Crippen molar-refractivity contribution in [1.82, 2.24) is 33.6 Å². The van der Waals surface area contributed by atoms with Crippen LogP contribution in [0.4, 0.5) is 17.8 Å². The minimum Gasteiger partial charge on any atom is -0.507 e. The molecular formula is C27H30N10O7. The molecule has 230 valence electrons. The molecule has 1 unspecified atom stereocenters. The van der Waals surface area contributed by atoms with Gasteiger partial charge in [-0.3, -0.25) is 44.3 Å². The number of ether oxygens (including phenoxy) is 1. The second-order valence-electron chi connectivity index (χ2n) is 10.7. The van der Waals surface area contributed by atoms with Crippen LogP contribution in [0, 0.1) is 20.8 Å². The van der Waals surface area contributed by atoms with Crippen molar-refractivity contribution in [2.24, 2.45) is 14.1 Å². The standard InChI is InChI=1S/C27H30N10O7/c1-12-13(2)19-15(14(3)18(12)40)7-8-27(4,44-19)22(42)31-25-33-23(29-11-38)32-24(34-25)30-16(39)9-37-10-28-20-17(37)21(41)36(6)26(43)35(20)5/h10-11,40H,7-9H2,1-6H3,(H3,29,30,31,32,33,34,38,39,42). The lowest BCUT2D eigenvalue weighted by Gasteiger charge is -2.36. The summed E-state index contributed by atoms with van der Waals surface area (Å²) in [7, 11) is 2.77. The Labute approximate surface area is 248 Å². The molecule has 1 aliphatic heterocycles. The maximum Gasteiger partial charge on any atom is 0.332 e. The molecule has 0 aliphatic carbocycles. The normalized spacial score (nSPS) is 15.8. The molecule has 44 heavy (non-hydrogen) atoms. The van der Waals surface area contributed by atoms with Gasteiger partial charge in [0.25, 0.3) is 11.5 Å². The maximum atomic E-state index is 13.5. The van der Waals surface area contributed by atoms with E-state index in [1.807, 2.05) is 0 Å². The number of nitrogens with one attached hydrogen (secondary N) is 3. The van der Waals surface area contributed by atoms with Crippen molar-refractivity contribution >= 4 is 47.2 Å². The van der Waals surface area contributed by atoms with Gasteiger partial charge in [0, 0.05) is 26.1 Å². The molecule has 5 rings (SSSR count). The van der Waals surface area contributed by atoms with Gasteiger partial charge in [-0.05, 0) is 50.8 Å². The van der Waals surface area contributed by atoms with Crippen LogP contribution in [0.3, 0.4) is 0 Å². The molecule has 17 heteroatoms. The molecular weight excluding hydrogens is 576 g/mol. The first-order valence-electron chi connectivity index (χ1n) is 13.4. The van der Waals surface area contributed by atoms with Crippen LogP contribution in [0.15, 0.2) is 15.9 Å². The number of amides is 3. The fourth-order valence-electron chi connectivity index (χ4n) is 5.08. The third-order valence-corrected chi connectivity index (χ3v) is 7.83. The van der Waals surface area contributed by atoms with Crippen LogP contribution in [-0.4, -0.2) is 62.6 Å². The van der Waals surface area contributed by atoms with Crippen LogP contribution >= 0.6 is 0 Å². The van der Waals surface area contributed by atoms with Gasteiger partial charge >= 0.3 is 5.69 Å². The monoisotopic (exact) mass is 606 g/mol. The molecule has 0 saturated carbocycles. The highest BCUT2D eigenvalue weighted by atomic mass is 16.5. The molecule has 0 fully saturated rings. The average molecular weight is 607 g/mol. The lowest BCUT2D eigenvalue weighted by molar-refractivity contribution is -0.131. The molecule has 0 bridgehead atoms. The van der Waals surface area contributed by atoms with Gasteiger partial charge in [0.05, 0.1) is 6.33 Å². The second-order valence-corrected chi connectivity index (χ2v) is 10.7. The molecule has 1 atom stereocenters. The molecule has 3 aromatic heterocycles. The SMILES string of the molecule is Cc1c(C)c2c(c(C)c1O)CCC(C)(C(=O)Nc1nc(NC=O)nc(NC(=O)Cn3cnc4c3c(=O)n(C)c(=O)n4C)n1)O2. The Kier molecular flexibility index (Phi) is 7.40. The molecule has 0 radical (unpaired) electrons. The Morgan fingerprint density at radius 3 is 2.36 bits per heavy atom. The summed E-state index contributed by atoms with van der Waals surface area (Å²) in [5, 5.41) is 17.7. The van der Waals surface area contributed by atoms with E-state index < -0.39 is 35.2 Å². The van der Waals surface area contributed by atoms with Crippen molar-refractivity contribution in [3.8, 4) is 11.5 Å². The minimum absolute atomic E-state index is 0.0368. The molecule has 4 N–H and O–H groups in total. The highest BCUT2D eigenvalue weighted by molar-refractivity contribution is 5.97. The zero-order chi connectivity index (χ0) is 32.1. The number of carbonyl (C=O) groups excluding carboxylic acids is 3. The first-order chi connectivity index (χ1) is 20.7. The lowest BCUT2D eigenvalue weighted by atomic mass is 9.86. The van der Waals surface area contributed by atoms with Crippen molar-refractivity contribution in [2.45, 2.75) is 52.7 Å². The summed E-state index contributed by atoms with van der Waals surface area (Å²) in [6.07, 6.45) is 2.32. The second kappa shape index (κ2) is 10.9. The number of hydrogen-bond donors (Lipinski definition) is 4. The minimum atomic E-state index is -1.34. The Morgan fingerprint density at radius 1 is 1.02 bits per heavy atom. The number of nitrogens with zero attached hydrogens (tertiary/aromatic N) is 7. The third kappa shape index (κ3) is 5.01. The van der Waals surface area contributed by atoms with Gasteiger partial charge in [0.15, 0.2) is 16.8 Å². The highest BCUT2D eigenvalue weighted by Gasteiger charge is 2.41. The van der Waals surface area contributed by atoms with E-state index in [-0.39, 0.29) is 41.2 Å². The molecule has 4 aromatic rings. The average Bonchev–Trinajstić information content (AvgIpc) is 3.40. The molecule has 0 saturated heterocycles. The van der Waals surface area contributed by atoms with Crippen molar-refractivity contribution in [3.05, 3.63) is 49.4 Å². The van der Waals surface area contributed by atoms with E-state index in [1.165, 1.54) is 29.6 Å². The Hall–Kier alpha value is -5.61. The number of phenolic OH excluding ortho intramolecular Hbond substituents is 1. The topological polar surface area (TPSA) is 217 Å². The predicted molar refractivity (Wildman–Crippen MR) is 157 cm³/mol. The van der Waals surface area contributed by atoms with Gasteiger partial charge in [0.1, 0.15) is 18.0 Å². The van der Waals surface area contributed by atoms with Crippen LogP contribution < -0.4 is 31.9 Å². The van der Waals surface area contributed by atoms with Crippen molar-refractivity contribution in [2.75, 3.05) is 16.0 Å². The first kappa shape index (κ1) is 29.9. The smallest absolute Gasteiger partial charge is 0.332 e. The van der Waals surface area contributed by atoms with Gasteiger partial charge in [-0.15, -0.1) is 0 Å². The number of hydrogen-bond acceptors (Lipinski definition) is 11. The van der Waals surface area contributed by atoms with Crippen molar-refractivity contribution in [3.63, 3.8) is 0 Å². The van der Waals surface area contributed by atoms with Crippen LogP contribution in [0.25, 0.3) is 11.2 Å². The van der Waals surface area contributed by atoms with E-state index >= 15 is 0 Å². The van der Waals surface area contributed by atoms with Crippen LogP contribution in [0.2, 0.25) is 0 Å². The van der Waals surface area contributed by atoms with E-state index in [4.69, 9.17) is 4.74 Å². The number of carbonyl (C=O) groups is 3. The van der Waals surface area contributed by atoms with Gasteiger partial charge in [-0.2, -0.15) is 15.0 Å². The summed E-state index contributed by atoms with van der Waals surface area (Å²) in [6, 6.07) is 0. The van der Waals surface area contributed by atoms with Crippen LogP contribution in [0.1, 0.15) is 35.6 Å². The molecule has 1 aliphatic rings. The number of fused-ring (bicyclic) bond motifs is 2. The number of aromatic hydroxyl groups is 1. The molecule has 17 nitrogen and oxygen atoms in total. The van der Waals surface area contributed by atoms with E-state index in [1.54, 1.807) is 27.7 Å². The summed E-state index contributed by atoms with van der Waals surface area (Å²) >= 11 is 0. The first-order valence-corrected chi connectivity index (χ1v) is 13.4. The maximum absolute atomic E-state index is 13.5. The van der Waals surface area contributed by atoms with E-state index in [0.29, 0.717) is 29.7 Å². The highest BCUT2D eigenvalue weighted by Crippen LogP contribution is 2.43. The van der Waals surface area contributed by atoms with E-state index in [2.05, 4.69) is 35.9 Å². The predicted octanol–water partition coefficient (Wildman–Crippen LogP) is 0.179. The summed E-state index contributed by atoms with van der Waals surface area (Å²) in [6.45, 7) is 6.60. The van der Waals surface area contributed by atoms with Gasteiger partial charge in [0.2, 0.25) is 30.2 Å². The summed E-state index contributed by atoms with van der Waals surface area (Å²) in [4.78, 5) is 78.6. The summed E-state index contributed by atoms with van der Waals surface area (Å²) in [5.74, 6) is -1.37. The number of rotatable bonds is 7. The van der Waals surface area contributed by atoms with Crippen LogP contribution in [0.5, 0.6) is 11.5 Å². The van der Waals surface area contributed by atoms with E-state index in [0.717, 1.165) is 15.7 Å². The molecule has 4 heterocycles. The van der Waals surface area contributed by atoms with Gasteiger partial charge in [-0.1, -0.05) is 0 Å². The number of imidazole rings is 1. The zero-order valence-corrected chi connectivity index (χ0v) is 24.8. The fraction of sp³-hybridized carbons (Fsp3) is 0.370. The zero-order valence-electron chi connectivity index (χ0n) is 24.8. The third-order valence-electron chi connectivity index (χ3n) is 7.83. The van der Waals surface area contributed by atoms with Crippen molar-refractivity contribution in [1.29, 1.82) is 0 Å². The Bertz CT molecular complexity index is 1990. The number of benzene rings is 1. The van der Waals surface area contributed by atoms with Crippen LogP contribution in [-0.2, 0) is 41.4 Å². The Balaban J connectivity index is 1.38. The molecule has 3 amide bonds. The molecule has 1 aromatic carbocycles. The number of anilines is 3. The van der Waals surface area contributed by atoms with Gasteiger partial charge < -0.3 is 14.4 Å². The van der Waals surface area contributed by atoms with E-state index in [9.17, 15) is 29.1 Å². The van der Waals surface area contributed by atoms with Crippen molar-refractivity contribution < 1.29 is 24.2 Å². The number of aryl methyl sites for hydroxylation is 1. The number of phenols is 1.